The van der Waals surface area contributed by atoms with Crippen LogP contribution in [0.2, 0.25) is 10.0 Å². The number of halogens is 2. The topological polar surface area (TPSA) is 93.7 Å². The number of hydrogen-bond donors (Lipinski definition) is 2. The van der Waals surface area contributed by atoms with Gasteiger partial charge in [0, 0.05) is 16.8 Å². The molecule has 3 aromatic rings. The molecule has 1 amide bonds. The van der Waals surface area contributed by atoms with E-state index in [2.05, 4.69) is 10.0 Å². The Kier molecular flexibility index (Phi) is 7.09. The van der Waals surface area contributed by atoms with Gasteiger partial charge in [0.25, 0.3) is 0 Å². The first-order chi connectivity index (χ1) is 15.8. The van der Waals surface area contributed by atoms with Gasteiger partial charge in [-0.2, -0.15) is 4.72 Å². The van der Waals surface area contributed by atoms with Gasteiger partial charge >= 0.3 is 0 Å². The van der Waals surface area contributed by atoms with E-state index in [0.29, 0.717) is 30.4 Å². The lowest BCUT2D eigenvalue weighted by molar-refractivity contribution is -0.117. The van der Waals surface area contributed by atoms with Crippen molar-refractivity contribution in [2.45, 2.75) is 17.4 Å². The van der Waals surface area contributed by atoms with Gasteiger partial charge in [0.15, 0.2) is 11.5 Å². The van der Waals surface area contributed by atoms with Crippen LogP contribution in [0, 0.1) is 0 Å². The van der Waals surface area contributed by atoms with E-state index in [4.69, 9.17) is 32.7 Å². The summed E-state index contributed by atoms with van der Waals surface area (Å²) in [5.41, 5.74) is 1.22. The molecule has 1 aliphatic heterocycles. The molecule has 0 fully saturated rings. The van der Waals surface area contributed by atoms with Crippen LogP contribution in [0.5, 0.6) is 11.5 Å². The van der Waals surface area contributed by atoms with Crippen LogP contribution in [0.1, 0.15) is 5.56 Å². The van der Waals surface area contributed by atoms with Gasteiger partial charge in [0.1, 0.15) is 24.2 Å². The second kappa shape index (κ2) is 10.0. The fourth-order valence-electron chi connectivity index (χ4n) is 3.32. The predicted octanol–water partition coefficient (Wildman–Crippen LogP) is 4.29. The third kappa shape index (κ3) is 5.78. The normalized spacial score (nSPS) is 13.9. The minimum atomic E-state index is -4.16. The van der Waals surface area contributed by atoms with E-state index in [9.17, 15) is 13.2 Å². The van der Waals surface area contributed by atoms with Crippen LogP contribution in [0.25, 0.3) is 0 Å². The number of carbonyl (C=O) groups excluding carboxylic acids is 1. The lowest BCUT2D eigenvalue weighted by atomic mass is 10.1. The van der Waals surface area contributed by atoms with Gasteiger partial charge in [0.2, 0.25) is 15.9 Å². The smallest absolute Gasteiger partial charge is 0.242 e. The summed E-state index contributed by atoms with van der Waals surface area (Å²) in [5.74, 6) is 0.540. The number of sulfonamides is 1. The molecule has 0 bridgehead atoms. The number of rotatable bonds is 7. The van der Waals surface area contributed by atoms with Gasteiger partial charge in [-0.15, -0.1) is 0 Å². The Bertz CT molecular complexity index is 1270. The zero-order chi connectivity index (χ0) is 23.4. The van der Waals surface area contributed by atoms with Crippen LogP contribution in [0.3, 0.4) is 0 Å². The molecule has 33 heavy (non-hydrogen) atoms. The van der Waals surface area contributed by atoms with E-state index < -0.39 is 22.0 Å². The second-order valence-corrected chi connectivity index (χ2v) is 9.81. The molecule has 0 spiro atoms. The average molecular weight is 507 g/mol. The van der Waals surface area contributed by atoms with Crippen molar-refractivity contribution in [2.24, 2.45) is 0 Å². The molecule has 1 heterocycles. The molecule has 3 aromatic carbocycles. The zero-order valence-corrected chi connectivity index (χ0v) is 19.6. The molecule has 0 saturated carbocycles. The summed E-state index contributed by atoms with van der Waals surface area (Å²) in [4.78, 5) is 13.0. The molecule has 7 nitrogen and oxygen atoms in total. The minimum absolute atomic E-state index is 0.00222. The largest absolute Gasteiger partial charge is 0.486 e. The Morgan fingerprint density at radius 1 is 0.939 bits per heavy atom. The summed E-state index contributed by atoms with van der Waals surface area (Å²) in [6, 6.07) is 17.1. The molecule has 1 atom stereocenters. The Morgan fingerprint density at radius 2 is 1.67 bits per heavy atom. The number of ether oxygens (including phenoxy) is 2. The molecule has 4 rings (SSSR count). The molecule has 172 valence electrons. The van der Waals surface area contributed by atoms with Gasteiger partial charge in [-0.1, -0.05) is 53.5 Å². The highest BCUT2D eigenvalue weighted by Gasteiger charge is 2.28. The van der Waals surface area contributed by atoms with Crippen molar-refractivity contribution in [3.63, 3.8) is 0 Å². The quantitative estimate of drug-likeness (QED) is 0.498. The van der Waals surface area contributed by atoms with E-state index in [0.717, 1.165) is 5.56 Å². The van der Waals surface area contributed by atoms with Crippen LogP contribution in [-0.4, -0.2) is 33.6 Å². The van der Waals surface area contributed by atoms with Crippen molar-refractivity contribution in [2.75, 3.05) is 18.5 Å². The number of hydrogen-bond acceptors (Lipinski definition) is 5. The van der Waals surface area contributed by atoms with Crippen molar-refractivity contribution in [3.05, 3.63) is 82.3 Å². The Morgan fingerprint density at radius 3 is 2.42 bits per heavy atom. The standard InChI is InChI=1S/C23H20Cl2N2O5S/c24-16-6-8-18(25)22(13-16)33(29,30)27-19(12-15-4-2-1-3-5-15)23(28)26-17-7-9-20-21(14-17)32-11-10-31-20/h1-9,13-14,19,27H,10-12H2,(H,26,28)/t19-/m0/s1. The summed E-state index contributed by atoms with van der Waals surface area (Å²) < 4.78 is 39.7. The number of fused-ring (bicyclic) bond motifs is 1. The molecule has 1 aliphatic rings. The molecule has 0 aromatic heterocycles. The number of carbonyl (C=O) groups is 1. The van der Waals surface area contributed by atoms with Crippen LogP contribution in [-0.2, 0) is 21.2 Å². The summed E-state index contributed by atoms with van der Waals surface area (Å²) in [6.45, 7) is 0.854. The first-order valence-corrected chi connectivity index (χ1v) is 12.3. The highest BCUT2D eigenvalue weighted by molar-refractivity contribution is 7.89. The monoisotopic (exact) mass is 506 g/mol. The Hall–Kier alpha value is -2.78. The van der Waals surface area contributed by atoms with Crippen LogP contribution < -0.4 is 19.5 Å². The van der Waals surface area contributed by atoms with E-state index in [1.165, 1.54) is 18.2 Å². The summed E-state index contributed by atoms with van der Waals surface area (Å²) in [6.07, 6.45) is 0.120. The van der Waals surface area contributed by atoms with Crippen molar-refractivity contribution in [1.29, 1.82) is 0 Å². The van der Waals surface area contributed by atoms with E-state index in [-0.39, 0.29) is 21.4 Å². The lowest BCUT2D eigenvalue weighted by Gasteiger charge is -2.21. The van der Waals surface area contributed by atoms with E-state index in [1.807, 2.05) is 30.3 Å². The van der Waals surface area contributed by atoms with Gasteiger partial charge in [-0.05, 0) is 42.3 Å². The maximum Gasteiger partial charge on any atom is 0.242 e. The molecule has 0 saturated heterocycles. The fourth-order valence-corrected chi connectivity index (χ4v) is 5.28. The first kappa shape index (κ1) is 23.4. The van der Waals surface area contributed by atoms with Crippen molar-refractivity contribution in [1.82, 2.24) is 4.72 Å². The zero-order valence-electron chi connectivity index (χ0n) is 17.3. The highest BCUT2D eigenvalue weighted by Crippen LogP contribution is 2.32. The minimum Gasteiger partial charge on any atom is -0.486 e. The van der Waals surface area contributed by atoms with Crippen LogP contribution >= 0.6 is 23.2 Å². The average Bonchev–Trinajstić information content (AvgIpc) is 2.80. The molecular weight excluding hydrogens is 487 g/mol. The Labute approximate surface area is 201 Å². The summed E-state index contributed by atoms with van der Waals surface area (Å²) >= 11 is 12.1. The molecular formula is C23H20Cl2N2O5S. The third-order valence-electron chi connectivity index (χ3n) is 4.89. The van der Waals surface area contributed by atoms with Gasteiger partial charge in [0.05, 0.1) is 5.02 Å². The predicted molar refractivity (Wildman–Crippen MR) is 127 cm³/mol. The van der Waals surface area contributed by atoms with Crippen LogP contribution in [0.4, 0.5) is 5.69 Å². The highest BCUT2D eigenvalue weighted by atomic mass is 35.5. The maximum absolute atomic E-state index is 13.2. The van der Waals surface area contributed by atoms with Gasteiger partial charge in [-0.3, -0.25) is 4.79 Å². The third-order valence-corrected chi connectivity index (χ3v) is 7.08. The molecule has 0 aliphatic carbocycles. The van der Waals surface area contributed by atoms with Gasteiger partial charge in [-0.25, -0.2) is 8.42 Å². The number of nitrogens with one attached hydrogen (secondary N) is 2. The lowest BCUT2D eigenvalue weighted by Crippen LogP contribution is -2.45. The van der Waals surface area contributed by atoms with E-state index >= 15 is 0 Å². The maximum atomic E-state index is 13.2. The van der Waals surface area contributed by atoms with Crippen molar-refractivity contribution >= 4 is 44.8 Å². The van der Waals surface area contributed by atoms with Crippen molar-refractivity contribution < 1.29 is 22.7 Å². The SMILES string of the molecule is O=C(Nc1ccc2c(c1)OCCO2)[C@H](Cc1ccccc1)NS(=O)(=O)c1cc(Cl)ccc1Cl. The molecule has 2 N–H and O–H groups in total. The van der Waals surface area contributed by atoms with Crippen LogP contribution in [0.15, 0.2) is 71.6 Å². The molecule has 0 unspecified atom stereocenters. The van der Waals surface area contributed by atoms with E-state index in [1.54, 1.807) is 18.2 Å². The number of anilines is 1. The summed E-state index contributed by atoms with van der Waals surface area (Å²) in [5, 5.41) is 2.96. The second-order valence-electron chi connectivity index (χ2n) is 7.29. The van der Waals surface area contributed by atoms with Crippen molar-refractivity contribution in [3.8, 4) is 11.5 Å². The number of benzene rings is 3. The molecule has 0 radical (unpaired) electrons. The number of amides is 1. The summed E-state index contributed by atoms with van der Waals surface area (Å²) in [7, 11) is -4.16. The fraction of sp³-hybridized carbons (Fsp3) is 0.174. The van der Waals surface area contributed by atoms with Gasteiger partial charge < -0.3 is 14.8 Å². The molecule has 10 heteroatoms. The Balaban J connectivity index is 1.60. The first-order valence-electron chi connectivity index (χ1n) is 10.0.